The highest BCUT2D eigenvalue weighted by atomic mass is 35.5. The quantitative estimate of drug-likeness (QED) is 0.773. The van der Waals surface area contributed by atoms with Gasteiger partial charge in [0.1, 0.15) is 11.5 Å². The summed E-state index contributed by atoms with van der Waals surface area (Å²) in [5, 5.41) is 10.7. The van der Waals surface area contributed by atoms with Crippen LogP contribution in [0.25, 0.3) is 10.9 Å². The van der Waals surface area contributed by atoms with Gasteiger partial charge in [-0.25, -0.2) is 9.18 Å². The van der Waals surface area contributed by atoms with Crippen molar-refractivity contribution in [1.29, 1.82) is 0 Å². The molecule has 0 saturated heterocycles. The average molecular weight is 318 g/mol. The number of carbonyl (C=O) groups is 1. The molecule has 0 spiro atoms. The van der Waals surface area contributed by atoms with E-state index in [0.717, 1.165) is 16.5 Å². The van der Waals surface area contributed by atoms with Gasteiger partial charge in [-0.3, -0.25) is 0 Å². The number of carboxylic acids is 1. The smallest absolute Gasteiger partial charge is 0.352 e. The van der Waals surface area contributed by atoms with Crippen LogP contribution in [0, 0.1) is 12.7 Å². The highest BCUT2D eigenvalue weighted by Crippen LogP contribution is 2.25. The second kappa shape index (κ2) is 5.46. The van der Waals surface area contributed by atoms with E-state index in [9.17, 15) is 14.3 Å². The number of aromatic nitrogens is 1. The topological polar surface area (TPSA) is 42.2 Å². The summed E-state index contributed by atoms with van der Waals surface area (Å²) in [5.41, 5.74) is 2.18. The van der Waals surface area contributed by atoms with Gasteiger partial charge in [-0.05, 0) is 48.4 Å². The summed E-state index contributed by atoms with van der Waals surface area (Å²) < 4.78 is 15.4. The number of carboxylic acid groups (broad SMARTS) is 1. The molecule has 0 aliphatic heterocycles. The van der Waals surface area contributed by atoms with Crippen LogP contribution in [0.3, 0.4) is 0 Å². The number of hydrogen-bond acceptors (Lipinski definition) is 1. The van der Waals surface area contributed by atoms with Crippen LogP contribution in [0.5, 0.6) is 0 Å². The number of benzene rings is 2. The minimum absolute atomic E-state index is 0.154. The van der Waals surface area contributed by atoms with E-state index < -0.39 is 5.97 Å². The van der Waals surface area contributed by atoms with Crippen LogP contribution in [0.15, 0.2) is 42.5 Å². The molecule has 1 N–H and O–H groups in total. The number of hydrogen-bond donors (Lipinski definition) is 1. The van der Waals surface area contributed by atoms with Gasteiger partial charge in [0.2, 0.25) is 0 Å². The van der Waals surface area contributed by atoms with Crippen molar-refractivity contribution < 1.29 is 14.3 Å². The number of rotatable bonds is 3. The maximum absolute atomic E-state index is 13.7. The molecule has 0 saturated carbocycles. The molecule has 0 aliphatic carbocycles. The molecule has 0 atom stereocenters. The molecule has 0 unspecified atom stereocenters. The summed E-state index contributed by atoms with van der Waals surface area (Å²) in [5.74, 6) is -1.32. The van der Waals surface area contributed by atoms with E-state index in [2.05, 4.69) is 0 Å². The third-order valence-electron chi connectivity index (χ3n) is 3.79. The maximum Gasteiger partial charge on any atom is 0.352 e. The highest BCUT2D eigenvalue weighted by molar-refractivity contribution is 6.31. The normalized spacial score (nSPS) is 11.0. The lowest BCUT2D eigenvalue weighted by Crippen LogP contribution is -2.10. The van der Waals surface area contributed by atoms with E-state index in [1.807, 2.05) is 0 Å². The maximum atomic E-state index is 13.7. The fourth-order valence-corrected chi connectivity index (χ4v) is 2.76. The Morgan fingerprint density at radius 3 is 2.77 bits per heavy atom. The van der Waals surface area contributed by atoms with E-state index in [4.69, 9.17) is 11.6 Å². The number of fused-ring (bicyclic) bond motifs is 1. The first-order valence-electron chi connectivity index (χ1n) is 6.73. The molecular weight excluding hydrogens is 305 g/mol. The minimum atomic E-state index is -1.03. The van der Waals surface area contributed by atoms with E-state index in [1.165, 1.54) is 6.07 Å². The summed E-state index contributed by atoms with van der Waals surface area (Å²) >= 11 is 5.96. The summed E-state index contributed by atoms with van der Waals surface area (Å²) in [7, 11) is 0. The Hall–Kier alpha value is -2.33. The van der Waals surface area contributed by atoms with Crippen molar-refractivity contribution in [2.45, 2.75) is 13.5 Å². The molecule has 3 rings (SSSR count). The molecule has 0 fully saturated rings. The van der Waals surface area contributed by atoms with Gasteiger partial charge in [0, 0.05) is 22.5 Å². The van der Waals surface area contributed by atoms with Gasteiger partial charge >= 0.3 is 5.97 Å². The SMILES string of the molecule is Cc1c(F)cccc1Cn1c(C(=O)O)cc2cc(Cl)ccc21. The van der Waals surface area contributed by atoms with E-state index >= 15 is 0 Å². The van der Waals surface area contributed by atoms with Crippen molar-refractivity contribution in [3.8, 4) is 0 Å². The van der Waals surface area contributed by atoms with Crippen LogP contribution < -0.4 is 0 Å². The lowest BCUT2D eigenvalue weighted by molar-refractivity contribution is 0.0686. The number of nitrogens with zero attached hydrogens (tertiary/aromatic N) is 1. The van der Waals surface area contributed by atoms with Crippen LogP contribution in [-0.4, -0.2) is 15.6 Å². The minimum Gasteiger partial charge on any atom is -0.477 e. The summed E-state index contributed by atoms with van der Waals surface area (Å²) in [6.45, 7) is 1.98. The molecule has 0 aliphatic rings. The molecule has 3 aromatic rings. The van der Waals surface area contributed by atoms with E-state index in [0.29, 0.717) is 10.6 Å². The van der Waals surface area contributed by atoms with Gasteiger partial charge < -0.3 is 9.67 Å². The Labute approximate surface area is 131 Å². The molecule has 22 heavy (non-hydrogen) atoms. The number of aromatic carboxylic acids is 1. The number of halogens is 2. The fourth-order valence-electron chi connectivity index (χ4n) is 2.58. The van der Waals surface area contributed by atoms with Crippen LogP contribution >= 0.6 is 11.6 Å². The van der Waals surface area contributed by atoms with Crippen molar-refractivity contribution in [2.24, 2.45) is 0 Å². The van der Waals surface area contributed by atoms with E-state index in [-0.39, 0.29) is 18.1 Å². The lowest BCUT2D eigenvalue weighted by Gasteiger charge is -2.11. The van der Waals surface area contributed by atoms with Crippen molar-refractivity contribution in [1.82, 2.24) is 4.57 Å². The summed E-state index contributed by atoms with van der Waals surface area (Å²) in [6.07, 6.45) is 0. The third kappa shape index (κ3) is 2.46. The Balaban J connectivity index is 2.18. The lowest BCUT2D eigenvalue weighted by atomic mass is 10.1. The summed E-state index contributed by atoms with van der Waals surface area (Å²) in [6, 6.07) is 11.6. The van der Waals surface area contributed by atoms with Gasteiger partial charge in [0.05, 0.1) is 0 Å². The zero-order chi connectivity index (χ0) is 15.9. The first kappa shape index (κ1) is 14.6. The molecule has 0 amide bonds. The predicted octanol–water partition coefficient (Wildman–Crippen LogP) is 4.49. The first-order valence-corrected chi connectivity index (χ1v) is 7.11. The molecule has 3 nitrogen and oxygen atoms in total. The van der Waals surface area contributed by atoms with Crippen LogP contribution in [0.1, 0.15) is 21.6 Å². The monoisotopic (exact) mass is 317 g/mol. The van der Waals surface area contributed by atoms with Gasteiger partial charge in [0.15, 0.2) is 0 Å². The zero-order valence-electron chi connectivity index (χ0n) is 11.8. The van der Waals surface area contributed by atoms with E-state index in [1.54, 1.807) is 47.9 Å². The Morgan fingerprint density at radius 2 is 2.05 bits per heavy atom. The molecule has 112 valence electrons. The zero-order valence-corrected chi connectivity index (χ0v) is 12.6. The Bertz CT molecular complexity index is 886. The Morgan fingerprint density at radius 1 is 1.27 bits per heavy atom. The van der Waals surface area contributed by atoms with Crippen molar-refractivity contribution in [3.63, 3.8) is 0 Å². The molecule has 5 heteroatoms. The highest BCUT2D eigenvalue weighted by Gasteiger charge is 2.16. The van der Waals surface area contributed by atoms with Crippen molar-refractivity contribution in [2.75, 3.05) is 0 Å². The summed E-state index contributed by atoms with van der Waals surface area (Å²) in [4.78, 5) is 11.5. The molecule has 1 aromatic heterocycles. The second-order valence-electron chi connectivity index (χ2n) is 5.15. The molecule has 1 heterocycles. The van der Waals surface area contributed by atoms with Crippen LogP contribution in [0.2, 0.25) is 5.02 Å². The largest absolute Gasteiger partial charge is 0.477 e. The van der Waals surface area contributed by atoms with Gasteiger partial charge in [0.25, 0.3) is 0 Å². The van der Waals surface area contributed by atoms with Crippen LogP contribution in [-0.2, 0) is 6.54 Å². The predicted molar refractivity (Wildman–Crippen MR) is 84.1 cm³/mol. The van der Waals surface area contributed by atoms with Gasteiger partial charge in [-0.15, -0.1) is 0 Å². The Kier molecular flexibility index (Phi) is 3.62. The molecular formula is C17H13ClFNO2. The van der Waals surface area contributed by atoms with Gasteiger partial charge in [-0.1, -0.05) is 23.7 Å². The van der Waals surface area contributed by atoms with Crippen molar-refractivity contribution in [3.05, 3.63) is 70.1 Å². The molecule has 0 radical (unpaired) electrons. The molecule has 0 bridgehead atoms. The standard InChI is InChI=1S/C17H13ClFNO2/c1-10-11(3-2-4-14(10)19)9-20-15-6-5-13(18)7-12(15)8-16(20)17(21)22/h2-8H,9H2,1H3,(H,21,22). The van der Waals surface area contributed by atoms with Crippen molar-refractivity contribution >= 4 is 28.5 Å². The fraction of sp³-hybridized carbons (Fsp3) is 0.118. The third-order valence-corrected chi connectivity index (χ3v) is 4.03. The average Bonchev–Trinajstić information content (AvgIpc) is 2.82. The van der Waals surface area contributed by atoms with Gasteiger partial charge in [-0.2, -0.15) is 0 Å². The van der Waals surface area contributed by atoms with Crippen LogP contribution in [0.4, 0.5) is 4.39 Å². The second-order valence-corrected chi connectivity index (χ2v) is 5.58. The molecule has 2 aromatic carbocycles. The first-order chi connectivity index (χ1) is 10.5.